The van der Waals surface area contributed by atoms with Crippen molar-refractivity contribution in [3.8, 4) is 5.75 Å². The Balaban J connectivity index is 2.09. The minimum Gasteiger partial charge on any atom is -0.434 e. The van der Waals surface area contributed by atoms with Crippen molar-refractivity contribution < 1.29 is 18.3 Å². The lowest BCUT2D eigenvalue weighted by atomic mass is 9.98. The van der Waals surface area contributed by atoms with E-state index in [1.165, 1.54) is 12.1 Å². The van der Waals surface area contributed by atoms with E-state index in [1.54, 1.807) is 17.0 Å². The molecule has 0 N–H and O–H groups in total. The van der Waals surface area contributed by atoms with Gasteiger partial charge < -0.3 is 9.64 Å². The van der Waals surface area contributed by atoms with E-state index in [0.29, 0.717) is 24.9 Å². The second kappa shape index (κ2) is 6.88. The Hall–Kier alpha value is -1.36. The molecule has 0 bridgehead atoms. The van der Waals surface area contributed by atoms with Gasteiger partial charge in [0.05, 0.1) is 5.56 Å². The maximum atomic E-state index is 12.4. The Kier molecular flexibility index (Phi) is 5.17. The molecule has 1 aromatic carbocycles. The number of piperidine rings is 1. The Morgan fingerprint density at radius 3 is 2.60 bits per heavy atom. The maximum absolute atomic E-state index is 12.4. The van der Waals surface area contributed by atoms with Crippen LogP contribution in [0.1, 0.15) is 23.2 Å². The molecule has 1 aromatic rings. The average molecular weight is 304 g/mol. The SMILES string of the molecule is O=C(c1ccccc1OC(F)F)N1CCC(CCl)CC1. The summed E-state index contributed by atoms with van der Waals surface area (Å²) in [7, 11) is 0. The summed E-state index contributed by atoms with van der Waals surface area (Å²) in [5, 5.41) is 0. The van der Waals surface area contributed by atoms with Crippen LogP contribution in [0.25, 0.3) is 0 Å². The van der Waals surface area contributed by atoms with Crippen molar-refractivity contribution in [3.63, 3.8) is 0 Å². The second-order valence-corrected chi connectivity index (χ2v) is 5.07. The maximum Gasteiger partial charge on any atom is 0.387 e. The zero-order chi connectivity index (χ0) is 14.5. The normalized spacial score (nSPS) is 16.5. The smallest absolute Gasteiger partial charge is 0.387 e. The van der Waals surface area contributed by atoms with E-state index in [-0.39, 0.29) is 17.2 Å². The standard InChI is InChI=1S/C14H16ClF2NO2/c15-9-10-5-7-18(8-6-10)13(19)11-3-1-2-4-12(11)20-14(16)17/h1-4,10,14H,5-9H2. The molecule has 0 saturated carbocycles. The van der Waals surface area contributed by atoms with Gasteiger partial charge in [0, 0.05) is 19.0 Å². The van der Waals surface area contributed by atoms with Gasteiger partial charge >= 0.3 is 6.61 Å². The predicted octanol–water partition coefficient (Wildman–Crippen LogP) is 3.38. The number of carbonyl (C=O) groups excluding carboxylic acids is 1. The molecule has 1 aliphatic rings. The van der Waals surface area contributed by atoms with Crippen LogP contribution < -0.4 is 4.74 Å². The molecule has 1 fully saturated rings. The van der Waals surface area contributed by atoms with Gasteiger partial charge in [0.25, 0.3) is 5.91 Å². The molecule has 20 heavy (non-hydrogen) atoms. The fourth-order valence-corrected chi connectivity index (χ4v) is 2.61. The van der Waals surface area contributed by atoms with Crippen LogP contribution in [0.5, 0.6) is 5.75 Å². The number of halogens is 3. The van der Waals surface area contributed by atoms with E-state index >= 15 is 0 Å². The molecular formula is C14H16ClF2NO2. The lowest BCUT2D eigenvalue weighted by molar-refractivity contribution is -0.0503. The highest BCUT2D eigenvalue weighted by atomic mass is 35.5. The summed E-state index contributed by atoms with van der Waals surface area (Å²) in [6.45, 7) is -1.75. The Morgan fingerprint density at radius 2 is 2.00 bits per heavy atom. The van der Waals surface area contributed by atoms with Gasteiger partial charge in [-0.05, 0) is 30.9 Å². The fourth-order valence-electron chi connectivity index (χ4n) is 2.30. The van der Waals surface area contributed by atoms with Gasteiger partial charge in [-0.15, -0.1) is 11.6 Å². The van der Waals surface area contributed by atoms with E-state index < -0.39 is 6.61 Å². The fraction of sp³-hybridized carbons (Fsp3) is 0.500. The molecule has 6 heteroatoms. The largest absolute Gasteiger partial charge is 0.434 e. The third kappa shape index (κ3) is 3.60. The second-order valence-electron chi connectivity index (χ2n) is 4.76. The molecule has 3 nitrogen and oxygen atoms in total. The molecule has 0 aliphatic carbocycles. The summed E-state index contributed by atoms with van der Waals surface area (Å²) < 4.78 is 29.1. The molecule has 2 rings (SSSR count). The molecule has 110 valence electrons. The first-order valence-electron chi connectivity index (χ1n) is 6.51. The molecule has 1 saturated heterocycles. The first-order valence-corrected chi connectivity index (χ1v) is 7.04. The van der Waals surface area contributed by atoms with Crippen LogP contribution >= 0.6 is 11.6 Å². The Labute approximate surface area is 121 Å². The zero-order valence-electron chi connectivity index (χ0n) is 10.9. The number of rotatable bonds is 4. The van der Waals surface area contributed by atoms with Crippen molar-refractivity contribution in [2.24, 2.45) is 5.92 Å². The number of amides is 1. The molecule has 0 atom stereocenters. The van der Waals surface area contributed by atoms with E-state index in [9.17, 15) is 13.6 Å². The predicted molar refractivity (Wildman–Crippen MR) is 72.4 cm³/mol. The van der Waals surface area contributed by atoms with Crippen LogP contribution in [0.2, 0.25) is 0 Å². The third-order valence-corrected chi connectivity index (χ3v) is 3.89. The monoisotopic (exact) mass is 303 g/mol. The summed E-state index contributed by atoms with van der Waals surface area (Å²) >= 11 is 5.80. The van der Waals surface area contributed by atoms with E-state index in [2.05, 4.69) is 4.74 Å². The number of para-hydroxylation sites is 1. The van der Waals surface area contributed by atoms with Crippen molar-refractivity contribution in [3.05, 3.63) is 29.8 Å². The highest BCUT2D eigenvalue weighted by molar-refractivity contribution is 6.18. The number of hydrogen-bond acceptors (Lipinski definition) is 2. The number of benzene rings is 1. The number of hydrogen-bond donors (Lipinski definition) is 0. The van der Waals surface area contributed by atoms with Gasteiger partial charge in [0.2, 0.25) is 0 Å². The minimum atomic E-state index is -2.94. The molecule has 1 amide bonds. The summed E-state index contributed by atoms with van der Waals surface area (Å²) in [6, 6.07) is 6.09. The lowest BCUT2D eigenvalue weighted by Gasteiger charge is -2.31. The van der Waals surface area contributed by atoms with Crippen molar-refractivity contribution in [2.45, 2.75) is 19.5 Å². The van der Waals surface area contributed by atoms with Gasteiger partial charge in [-0.1, -0.05) is 12.1 Å². The van der Waals surface area contributed by atoms with Crippen LogP contribution in [0.3, 0.4) is 0 Å². The molecule has 0 radical (unpaired) electrons. The number of nitrogens with zero attached hydrogens (tertiary/aromatic N) is 1. The van der Waals surface area contributed by atoms with Crippen LogP contribution in [0.15, 0.2) is 24.3 Å². The van der Waals surface area contributed by atoms with Crippen LogP contribution in [-0.4, -0.2) is 36.4 Å². The van der Waals surface area contributed by atoms with E-state index in [0.717, 1.165) is 12.8 Å². The molecule has 0 aromatic heterocycles. The zero-order valence-corrected chi connectivity index (χ0v) is 11.7. The summed E-state index contributed by atoms with van der Waals surface area (Å²) in [4.78, 5) is 14.0. The molecule has 1 aliphatic heterocycles. The number of likely N-dealkylation sites (tertiary alicyclic amines) is 1. The summed E-state index contributed by atoms with van der Waals surface area (Å²) in [5.41, 5.74) is 0.178. The first-order chi connectivity index (χ1) is 9.61. The van der Waals surface area contributed by atoms with Gasteiger partial charge in [-0.2, -0.15) is 8.78 Å². The van der Waals surface area contributed by atoms with Gasteiger partial charge in [-0.25, -0.2) is 0 Å². The topological polar surface area (TPSA) is 29.5 Å². The average Bonchev–Trinajstić information content (AvgIpc) is 2.46. The first kappa shape index (κ1) is 15.0. The number of alkyl halides is 3. The van der Waals surface area contributed by atoms with Crippen LogP contribution in [-0.2, 0) is 0 Å². The molecule has 0 unspecified atom stereocenters. The minimum absolute atomic E-state index is 0.0769. The van der Waals surface area contributed by atoms with Crippen molar-refractivity contribution in [2.75, 3.05) is 19.0 Å². The van der Waals surface area contributed by atoms with Gasteiger partial charge in [0.1, 0.15) is 5.75 Å². The van der Waals surface area contributed by atoms with Crippen molar-refractivity contribution >= 4 is 17.5 Å². The summed E-state index contributed by atoms with van der Waals surface area (Å²) in [6.07, 6.45) is 1.68. The third-order valence-electron chi connectivity index (χ3n) is 3.45. The van der Waals surface area contributed by atoms with E-state index in [4.69, 9.17) is 11.6 Å². The highest BCUT2D eigenvalue weighted by Gasteiger charge is 2.25. The van der Waals surface area contributed by atoms with Crippen molar-refractivity contribution in [1.82, 2.24) is 4.90 Å². The highest BCUT2D eigenvalue weighted by Crippen LogP contribution is 2.25. The van der Waals surface area contributed by atoms with E-state index in [1.807, 2.05) is 0 Å². The quantitative estimate of drug-likeness (QED) is 0.798. The Morgan fingerprint density at radius 1 is 1.35 bits per heavy atom. The van der Waals surface area contributed by atoms with Crippen LogP contribution in [0, 0.1) is 5.92 Å². The number of ether oxygens (including phenoxy) is 1. The molecular weight excluding hydrogens is 288 g/mol. The van der Waals surface area contributed by atoms with Crippen molar-refractivity contribution in [1.29, 1.82) is 0 Å². The molecule has 1 heterocycles. The number of carbonyl (C=O) groups is 1. The van der Waals surface area contributed by atoms with Gasteiger partial charge in [0.15, 0.2) is 0 Å². The Bertz CT molecular complexity index is 462. The van der Waals surface area contributed by atoms with Gasteiger partial charge in [-0.3, -0.25) is 4.79 Å². The summed E-state index contributed by atoms with van der Waals surface area (Å²) in [5.74, 6) is 0.669. The lowest BCUT2D eigenvalue weighted by Crippen LogP contribution is -2.39. The molecule has 0 spiro atoms. The van der Waals surface area contributed by atoms with Crippen LogP contribution in [0.4, 0.5) is 8.78 Å².